The van der Waals surface area contributed by atoms with E-state index in [1.807, 2.05) is 26.8 Å². The Hall–Kier alpha value is -1.73. The van der Waals surface area contributed by atoms with Gasteiger partial charge in [-0.05, 0) is 63.9 Å². The maximum absolute atomic E-state index is 12.1. The van der Waals surface area contributed by atoms with Gasteiger partial charge in [-0.2, -0.15) is 0 Å². The molecule has 0 aliphatic carbocycles. The molecular weight excluding hydrogens is 386 g/mol. The van der Waals surface area contributed by atoms with Crippen molar-refractivity contribution in [2.75, 3.05) is 6.61 Å². The molecule has 29 heavy (non-hydrogen) atoms. The minimum absolute atomic E-state index is 0.0580. The van der Waals surface area contributed by atoms with Gasteiger partial charge in [0.15, 0.2) is 8.32 Å². The first-order valence-corrected chi connectivity index (χ1v) is 13.1. The highest BCUT2D eigenvalue weighted by molar-refractivity contribution is 6.74. The fraction of sp³-hybridized carbons (Fsp3) is 0.682. The van der Waals surface area contributed by atoms with Gasteiger partial charge in [0, 0.05) is 6.42 Å². The number of esters is 2. The highest BCUT2D eigenvalue weighted by Gasteiger charge is 2.37. The Morgan fingerprint density at radius 1 is 1.07 bits per heavy atom. The zero-order chi connectivity index (χ0) is 22.5. The number of carbonyl (C=O) groups excluding carboxylic acids is 2. The second-order valence-electron chi connectivity index (χ2n) is 9.66. The quantitative estimate of drug-likeness (QED) is 0.430. The van der Waals surface area contributed by atoms with Crippen molar-refractivity contribution in [3.63, 3.8) is 0 Å². The fourth-order valence-electron chi connectivity index (χ4n) is 2.30. The smallest absolute Gasteiger partial charge is 0.356 e. The van der Waals surface area contributed by atoms with Crippen LogP contribution in [-0.2, 0) is 31.7 Å². The summed E-state index contributed by atoms with van der Waals surface area (Å²) < 4.78 is 16.8. The van der Waals surface area contributed by atoms with Crippen molar-refractivity contribution in [2.24, 2.45) is 0 Å². The highest BCUT2D eigenvalue weighted by atomic mass is 28.4. The molecule has 1 rings (SSSR count). The molecule has 0 spiro atoms. The molecule has 0 fully saturated rings. The molecule has 1 aromatic rings. The van der Waals surface area contributed by atoms with E-state index in [4.69, 9.17) is 13.9 Å². The summed E-state index contributed by atoms with van der Waals surface area (Å²) in [6.07, 6.45) is 0.714. The number of aryl methyl sites for hydroxylation is 1. The van der Waals surface area contributed by atoms with Crippen LogP contribution < -0.4 is 0 Å². The number of pyridine rings is 1. The summed E-state index contributed by atoms with van der Waals surface area (Å²) in [5.74, 6) is -0.719. The first-order valence-electron chi connectivity index (χ1n) is 10.2. The van der Waals surface area contributed by atoms with Crippen LogP contribution in [0.3, 0.4) is 0 Å². The number of rotatable bonds is 8. The lowest BCUT2D eigenvalue weighted by molar-refractivity contribution is -0.154. The zero-order valence-electron chi connectivity index (χ0n) is 19.5. The lowest BCUT2D eigenvalue weighted by Gasteiger charge is -2.36. The summed E-state index contributed by atoms with van der Waals surface area (Å²) in [7, 11) is -1.99. The number of hydrogen-bond acceptors (Lipinski definition) is 6. The molecule has 0 bridgehead atoms. The van der Waals surface area contributed by atoms with Crippen LogP contribution in [0.2, 0.25) is 18.1 Å². The monoisotopic (exact) mass is 423 g/mol. The molecule has 0 N–H and O–H groups in total. The number of nitrogens with zero attached hydrogens (tertiary/aromatic N) is 1. The Kier molecular flexibility index (Phi) is 8.59. The van der Waals surface area contributed by atoms with E-state index >= 15 is 0 Å². The third-order valence-corrected chi connectivity index (χ3v) is 9.43. The van der Waals surface area contributed by atoms with Gasteiger partial charge < -0.3 is 13.9 Å². The van der Waals surface area contributed by atoms with Crippen molar-refractivity contribution in [1.82, 2.24) is 4.98 Å². The van der Waals surface area contributed by atoms with Gasteiger partial charge in [-0.3, -0.25) is 4.79 Å². The van der Waals surface area contributed by atoms with Crippen molar-refractivity contribution in [2.45, 2.75) is 91.6 Å². The van der Waals surface area contributed by atoms with Crippen molar-refractivity contribution >= 4 is 20.3 Å². The van der Waals surface area contributed by atoms with Gasteiger partial charge in [0.25, 0.3) is 0 Å². The Morgan fingerprint density at radius 2 is 1.69 bits per heavy atom. The van der Waals surface area contributed by atoms with E-state index in [0.717, 1.165) is 5.56 Å². The van der Waals surface area contributed by atoms with Crippen LogP contribution in [-0.4, -0.2) is 37.4 Å². The predicted octanol–water partition coefficient (Wildman–Crippen LogP) is 5.05. The molecule has 164 valence electrons. The standard InChI is InChI=1S/C22H37NO5Si/c1-10-26-20(25)17-13-11-16(12-14-19(24)28-21(2,3)4)18(23-17)15-27-29(8,9)22(5,6)7/h11,13H,10,12,14-15H2,1-9H3. The summed E-state index contributed by atoms with van der Waals surface area (Å²) in [6.45, 7) is 18.7. The second-order valence-corrected chi connectivity index (χ2v) is 14.5. The van der Waals surface area contributed by atoms with Gasteiger partial charge in [-0.25, -0.2) is 9.78 Å². The predicted molar refractivity (Wildman–Crippen MR) is 116 cm³/mol. The minimum atomic E-state index is -1.99. The van der Waals surface area contributed by atoms with Crippen molar-refractivity contribution in [3.8, 4) is 0 Å². The third kappa shape index (κ3) is 8.26. The SMILES string of the molecule is CCOC(=O)c1ccc(CCC(=O)OC(C)(C)C)c(CO[Si](C)(C)C(C)(C)C)n1. The highest BCUT2D eigenvalue weighted by Crippen LogP contribution is 2.37. The van der Waals surface area contributed by atoms with E-state index in [1.54, 1.807) is 13.0 Å². The normalized spacial score (nSPS) is 12.6. The van der Waals surface area contributed by atoms with Crippen LogP contribution in [0.5, 0.6) is 0 Å². The van der Waals surface area contributed by atoms with E-state index in [1.165, 1.54) is 0 Å². The average molecular weight is 424 g/mol. The molecule has 6 nitrogen and oxygen atoms in total. The maximum Gasteiger partial charge on any atom is 0.356 e. The molecule has 0 radical (unpaired) electrons. The van der Waals surface area contributed by atoms with Gasteiger partial charge in [-0.15, -0.1) is 0 Å². The van der Waals surface area contributed by atoms with Gasteiger partial charge >= 0.3 is 11.9 Å². The van der Waals surface area contributed by atoms with Crippen LogP contribution in [0, 0.1) is 0 Å². The minimum Gasteiger partial charge on any atom is -0.461 e. The number of hydrogen-bond donors (Lipinski definition) is 0. The summed E-state index contributed by atoms with van der Waals surface area (Å²) in [4.78, 5) is 28.7. The van der Waals surface area contributed by atoms with Crippen LogP contribution in [0.25, 0.3) is 0 Å². The molecule has 0 saturated heterocycles. The molecule has 0 unspecified atom stereocenters. The first-order chi connectivity index (χ1) is 13.2. The summed E-state index contributed by atoms with van der Waals surface area (Å²) in [5.41, 5.74) is 1.28. The van der Waals surface area contributed by atoms with Crippen LogP contribution in [0.15, 0.2) is 12.1 Å². The van der Waals surface area contributed by atoms with Crippen molar-refractivity contribution in [3.05, 3.63) is 29.1 Å². The lowest BCUT2D eigenvalue weighted by atomic mass is 10.1. The van der Waals surface area contributed by atoms with Gasteiger partial charge in [0.05, 0.1) is 18.9 Å². The van der Waals surface area contributed by atoms with Gasteiger partial charge in [0.1, 0.15) is 11.3 Å². The molecule has 1 aromatic heterocycles. The van der Waals surface area contributed by atoms with Crippen molar-refractivity contribution in [1.29, 1.82) is 0 Å². The van der Waals surface area contributed by atoms with Crippen LogP contribution in [0.1, 0.15) is 76.6 Å². The number of aromatic nitrogens is 1. The summed E-state index contributed by atoms with van der Waals surface area (Å²) >= 11 is 0. The summed E-state index contributed by atoms with van der Waals surface area (Å²) in [6, 6.07) is 3.46. The molecule has 0 aliphatic heterocycles. The Bertz CT molecular complexity index is 717. The van der Waals surface area contributed by atoms with Crippen molar-refractivity contribution < 1.29 is 23.5 Å². The summed E-state index contributed by atoms with van der Waals surface area (Å²) in [5, 5.41) is 0.0580. The Labute approximate surface area is 176 Å². The molecule has 0 saturated carbocycles. The number of carbonyl (C=O) groups is 2. The molecule has 0 amide bonds. The fourth-order valence-corrected chi connectivity index (χ4v) is 3.23. The first kappa shape index (κ1) is 25.3. The van der Waals surface area contributed by atoms with E-state index in [2.05, 4.69) is 38.8 Å². The van der Waals surface area contributed by atoms with Crippen LogP contribution in [0.4, 0.5) is 0 Å². The maximum atomic E-state index is 12.1. The third-order valence-electron chi connectivity index (χ3n) is 4.95. The van der Waals surface area contributed by atoms with E-state index in [-0.39, 0.29) is 29.7 Å². The zero-order valence-corrected chi connectivity index (χ0v) is 20.5. The molecule has 7 heteroatoms. The van der Waals surface area contributed by atoms with Crippen LogP contribution >= 0.6 is 0 Å². The molecule has 0 aliphatic rings. The lowest BCUT2D eigenvalue weighted by Crippen LogP contribution is -2.40. The molecule has 1 heterocycles. The van der Waals surface area contributed by atoms with Gasteiger partial charge in [-0.1, -0.05) is 26.8 Å². The number of ether oxygens (including phenoxy) is 2. The van der Waals surface area contributed by atoms with E-state index in [9.17, 15) is 9.59 Å². The van der Waals surface area contributed by atoms with Gasteiger partial charge in [0.2, 0.25) is 0 Å². The van der Waals surface area contributed by atoms with E-state index in [0.29, 0.717) is 18.7 Å². The largest absolute Gasteiger partial charge is 0.461 e. The van der Waals surface area contributed by atoms with E-state index < -0.39 is 19.9 Å². The molecule has 0 atom stereocenters. The topological polar surface area (TPSA) is 74.7 Å². The average Bonchev–Trinajstić information content (AvgIpc) is 2.56. The second kappa shape index (κ2) is 9.85. The Morgan fingerprint density at radius 3 is 2.21 bits per heavy atom. The molecule has 0 aromatic carbocycles. The molecular formula is C22H37NO5Si. The Balaban J connectivity index is 3.04.